The summed E-state index contributed by atoms with van der Waals surface area (Å²) in [6.07, 6.45) is 8.06. The highest BCUT2D eigenvalue weighted by Gasteiger charge is 2.29. The summed E-state index contributed by atoms with van der Waals surface area (Å²) in [5, 5.41) is 12.3. The van der Waals surface area contributed by atoms with Crippen molar-refractivity contribution in [2.75, 3.05) is 13.6 Å². The highest BCUT2D eigenvalue weighted by Crippen LogP contribution is 2.24. The molecule has 2 atom stereocenters. The third-order valence-electron chi connectivity index (χ3n) is 6.32. The van der Waals surface area contributed by atoms with E-state index in [9.17, 15) is 19.5 Å². The van der Waals surface area contributed by atoms with Gasteiger partial charge in [0.2, 0.25) is 11.8 Å². The largest absolute Gasteiger partial charge is 0.481 e. The molecular formula is C29H36N2O4S. The molecule has 7 heteroatoms. The van der Waals surface area contributed by atoms with E-state index in [0.717, 1.165) is 41.9 Å². The number of carboxylic acids is 1. The van der Waals surface area contributed by atoms with Crippen LogP contribution in [0.4, 0.5) is 0 Å². The van der Waals surface area contributed by atoms with Crippen LogP contribution < -0.4 is 5.32 Å². The minimum atomic E-state index is -1.00. The molecule has 2 aromatic rings. The maximum Gasteiger partial charge on any atom is 0.304 e. The molecule has 2 N–H and O–H groups in total. The van der Waals surface area contributed by atoms with Gasteiger partial charge in [-0.05, 0) is 55.4 Å². The zero-order chi connectivity index (χ0) is 25.8. The average molecular weight is 509 g/mol. The number of rotatable bonds is 7. The summed E-state index contributed by atoms with van der Waals surface area (Å²) in [7, 11) is 1.76. The summed E-state index contributed by atoms with van der Waals surface area (Å²) in [6.45, 7) is 0.598. The lowest BCUT2D eigenvalue weighted by atomic mass is 9.95. The number of carboxylic acid groups (broad SMARTS) is 1. The molecule has 0 saturated heterocycles. The van der Waals surface area contributed by atoms with Gasteiger partial charge in [-0.15, -0.1) is 11.8 Å². The van der Waals surface area contributed by atoms with Crippen molar-refractivity contribution in [2.24, 2.45) is 5.92 Å². The van der Waals surface area contributed by atoms with Crippen LogP contribution in [0.15, 0.2) is 71.6 Å². The van der Waals surface area contributed by atoms with Crippen LogP contribution in [-0.4, -0.2) is 47.4 Å². The number of hydrogen-bond acceptors (Lipinski definition) is 4. The van der Waals surface area contributed by atoms with Gasteiger partial charge < -0.3 is 15.3 Å². The third-order valence-corrected chi connectivity index (χ3v) is 7.39. The van der Waals surface area contributed by atoms with Gasteiger partial charge in [-0.2, -0.15) is 0 Å². The standard InChI is InChI=1S/C29H36N2O4S/c1-31-17-10-5-3-2-4-9-15-24(20-27(32)33)28(34)30-26(29(31)35)19-23-14-11-16-25(18-23)36-21-22-12-7-6-8-13-22/h2-3,6-8,11-14,16,18,24,26H,4-5,9-10,15,17,19-21H2,1H3,(H,30,34)(H,32,33)/b3-2+/t24-,26+/m1/s1. The second-order valence-electron chi connectivity index (χ2n) is 9.29. The Morgan fingerprint density at radius 3 is 2.50 bits per heavy atom. The van der Waals surface area contributed by atoms with E-state index in [1.807, 2.05) is 36.4 Å². The van der Waals surface area contributed by atoms with Crippen molar-refractivity contribution in [1.29, 1.82) is 0 Å². The van der Waals surface area contributed by atoms with E-state index in [1.54, 1.807) is 23.7 Å². The molecule has 0 unspecified atom stereocenters. The molecule has 0 aromatic heterocycles. The van der Waals surface area contributed by atoms with Crippen LogP contribution in [-0.2, 0) is 26.6 Å². The Kier molecular flexibility index (Phi) is 11.1. The smallest absolute Gasteiger partial charge is 0.304 e. The highest BCUT2D eigenvalue weighted by molar-refractivity contribution is 7.98. The van der Waals surface area contributed by atoms with Gasteiger partial charge in [-0.1, -0.05) is 54.6 Å². The fourth-order valence-electron chi connectivity index (χ4n) is 4.31. The molecule has 0 bridgehead atoms. The molecule has 6 nitrogen and oxygen atoms in total. The number of carbonyl (C=O) groups is 3. The summed E-state index contributed by atoms with van der Waals surface area (Å²) in [4.78, 5) is 40.7. The van der Waals surface area contributed by atoms with E-state index in [-0.39, 0.29) is 18.2 Å². The first-order valence-electron chi connectivity index (χ1n) is 12.6. The van der Waals surface area contributed by atoms with E-state index in [4.69, 9.17) is 0 Å². The fraction of sp³-hybridized carbons (Fsp3) is 0.414. The highest BCUT2D eigenvalue weighted by atomic mass is 32.2. The molecule has 0 aliphatic carbocycles. The monoisotopic (exact) mass is 508 g/mol. The first-order valence-corrected chi connectivity index (χ1v) is 13.6. The Morgan fingerprint density at radius 2 is 1.75 bits per heavy atom. The van der Waals surface area contributed by atoms with Crippen LogP contribution in [0.3, 0.4) is 0 Å². The lowest BCUT2D eigenvalue weighted by Crippen LogP contribution is -2.50. The first-order chi connectivity index (χ1) is 17.4. The lowest BCUT2D eigenvalue weighted by Gasteiger charge is -2.26. The number of benzene rings is 2. The Balaban J connectivity index is 1.76. The average Bonchev–Trinajstić information content (AvgIpc) is 2.87. The van der Waals surface area contributed by atoms with Crippen LogP contribution in [0.25, 0.3) is 0 Å². The Morgan fingerprint density at radius 1 is 1.03 bits per heavy atom. The zero-order valence-electron chi connectivity index (χ0n) is 20.9. The van der Waals surface area contributed by atoms with Gasteiger partial charge in [0.05, 0.1) is 6.42 Å². The SMILES string of the molecule is CN1CCC/C=C/CCC[C@H](CC(=O)O)C(=O)N[C@@H](Cc2cccc(SCc3ccccc3)c2)C1=O. The molecule has 192 valence electrons. The van der Waals surface area contributed by atoms with Crippen molar-refractivity contribution in [2.45, 2.75) is 61.6 Å². The van der Waals surface area contributed by atoms with Crippen molar-refractivity contribution in [3.63, 3.8) is 0 Å². The second-order valence-corrected chi connectivity index (χ2v) is 10.3. The number of hydrogen-bond donors (Lipinski definition) is 2. The number of thioether (sulfide) groups is 1. The summed E-state index contributed by atoms with van der Waals surface area (Å²) in [5.41, 5.74) is 2.20. The minimum Gasteiger partial charge on any atom is -0.481 e. The molecule has 0 saturated carbocycles. The van der Waals surface area contributed by atoms with Crippen molar-refractivity contribution in [1.82, 2.24) is 10.2 Å². The molecule has 36 heavy (non-hydrogen) atoms. The van der Waals surface area contributed by atoms with Crippen LogP contribution in [0, 0.1) is 5.92 Å². The first kappa shape index (κ1) is 27.5. The van der Waals surface area contributed by atoms with E-state index < -0.39 is 17.9 Å². The van der Waals surface area contributed by atoms with E-state index in [1.165, 1.54) is 5.56 Å². The molecule has 1 aliphatic rings. The number of nitrogens with one attached hydrogen (secondary N) is 1. The quantitative estimate of drug-likeness (QED) is 0.403. The van der Waals surface area contributed by atoms with Crippen molar-refractivity contribution >= 4 is 29.5 Å². The van der Waals surface area contributed by atoms with Gasteiger partial charge in [-0.25, -0.2) is 0 Å². The molecule has 0 radical (unpaired) electrons. The normalized spacial score (nSPS) is 20.9. The van der Waals surface area contributed by atoms with Gasteiger partial charge in [0.15, 0.2) is 0 Å². The summed E-state index contributed by atoms with van der Waals surface area (Å²) in [5.74, 6) is -1.33. The van der Waals surface area contributed by atoms with Crippen molar-refractivity contribution in [3.8, 4) is 0 Å². The van der Waals surface area contributed by atoms with Gasteiger partial charge in [-0.3, -0.25) is 14.4 Å². The molecule has 0 spiro atoms. The molecule has 0 fully saturated rings. The summed E-state index contributed by atoms with van der Waals surface area (Å²) in [6, 6.07) is 17.6. The molecule has 1 heterocycles. The van der Waals surface area contributed by atoms with Gasteiger partial charge >= 0.3 is 5.97 Å². The number of likely N-dealkylation sites (N-methyl/N-ethyl adjacent to an activating group) is 1. The number of carbonyl (C=O) groups excluding carboxylic acids is 2. The Hall–Kier alpha value is -3.06. The third kappa shape index (κ3) is 9.19. The fourth-order valence-corrected chi connectivity index (χ4v) is 5.24. The predicted octanol–water partition coefficient (Wildman–Crippen LogP) is 5.08. The maximum atomic E-state index is 13.4. The zero-order valence-corrected chi connectivity index (χ0v) is 21.7. The van der Waals surface area contributed by atoms with Gasteiger partial charge in [0.25, 0.3) is 0 Å². The molecule has 2 aromatic carbocycles. The Labute approximate surface area is 218 Å². The number of nitrogens with zero attached hydrogens (tertiary/aromatic N) is 1. The van der Waals surface area contributed by atoms with Gasteiger partial charge in [0.1, 0.15) is 6.04 Å². The van der Waals surface area contributed by atoms with Crippen molar-refractivity contribution < 1.29 is 19.5 Å². The Bertz CT molecular complexity index is 1040. The topological polar surface area (TPSA) is 86.7 Å². The van der Waals surface area contributed by atoms with E-state index >= 15 is 0 Å². The number of allylic oxidation sites excluding steroid dienone is 2. The van der Waals surface area contributed by atoms with Crippen molar-refractivity contribution in [3.05, 3.63) is 77.9 Å². The summed E-state index contributed by atoms with van der Waals surface area (Å²) >= 11 is 1.73. The molecule has 2 amide bonds. The van der Waals surface area contributed by atoms with Crippen LogP contribution in [0.5, 0.6) is 0 Å². The maximum absolute atomic E-state index is 13.4. The number of aliphatic carboxylic acids is 1. The van der Waals surface area contributed by atoms with E-state index in [2.05, 4.69) is 35.7 Å². The van der Waals surface area contributed by atoms with Crippen LogP contribution >= 0.6 is 11.8 Å². The second kappa shape index (κ2) is 14.5. The molecule has 1 aliphatic heterocycles. The predicted molar refractivity (Wildman–Crippen MR) is 144 cm³/mol. The lowest BCUT2D eigenvalue weighted by molar-refractivity contribution is -0.142. The van der Waals surface area contributed by atoms with Gasteiger partial charge in [0, 0.05) is 36.6 Å². The van der Waals surface area contributed by atoms with Crippen LogP contribution in [0.2, 0.25) is 0 Å². The molecular weight excluding hydrogens is 472 g/mol. The minimum absolute atomic E-state index is 0.152. The van der Waals surface area contributed by atoms with E-state index in [0.29, 0.717) is 19.4 Å². The number of amides is 2. The molecule has 3 rings (SSSR count). The summed E-state index contributed by atoms with van der Waals surface area (Å²) < 4.78 is 0. The van der Waals surface area contributed by atoms with Crippen LogP contribution in [0.1, 0.15) is 49.7 Å².